The molecule has 0 unspecified atom stereocenters. The van der Waals surface area contributed by atoms with Crippen LogP contribution in [0.1, 0.15) is 20.3 Å². The van der Waals surface area contributed by atoms with E-state index in [0.29, 0.717) is 0 Å². The van der Waals surface area contributed by atoms with E-state index in [-0.39, 0.29) is 12.6 Å². The molecule has 0 aliphatic rings. The summed E-state index contributed by atoms with van der Waals surface area (Å²) in [6.45, 7) is 4.07. The Morgan fingerprint density at radius 1 is 1.47 bits per heavy atom. The molecule has 0 fully saturated rings. The normalized spacial score (nSPS) is 11.5. The van der Waals surface area contributed by atoms with E-state index in [4.69, 9.17) is 16.2 Å². The molecule has 5 heteroatoms. The number of nitrogens with two attached hydrogens (primary N) is 2. The number of hydrogen-bond acceptors (Lipinski definition) is 2. The quantitative estimate of drug-likeness (QED) is 0.416. The molecule has 0 spiro atoms. The van der Waals surface area contributed by atoms with E-state index in [9.17, 15) is 4.79 Å². The van der Waals surface area contributed by atoms with Gasteiger partial charge in [0.25, 0.3) is 0 Å². The predicted molar refractivity (Wildman–Crippen MR) is 60.3 cm³/mol. The molecule has 0 bridgehead atoms. The summed E-state index contributed by atoms with van der Waals surface area (Å²) in [4.78, 5) is 14.2. The summed E-state index contributed by atoms with van der Waals surface area (Å²) in [5, 5.41) is 0. The average Bonchev–Trinajstić information content (AvgIpc) is 2.14. The fourth-order valence-electron chi connectivity index (χ4n) is 0.934. The topological polar surface area (TPSA) is 90.7 Å². The van der Waals surface area contributed by atoms with Gasteiger partial charge in [0.15, 0.2) is 5.96 Å². The average molecular weight is 211 g/mol. The second-order valence-corrected chi connectivity index (χ2v) is 2.78. The molecule has 0 aliphatic heterocycles. The van der Waals surface area contributed by atoms with E-state index in [2.05, 4.69) is 4.99 Å². The van der Waals surface area contributed by atoms with Crippen molar-refractivity contribution < 1.29 is 9.53 Å². The van der Waals surface area contributed by atoms with Gasteiger partial charge in [0.2, 0.25) is 0 Å². The van der Waals surface area contributed by atoms with Crippen LogP contribution in [0.4, 0.5) is 4.79 Å². The Bertz CT molecular complexity index is 289. The number of allylic oxidation sites excluding steroid dienone is 2. The van der Waals surface area contributed by atoms with Crippen molar-refractivity contribution in [2.24, 2.45) is 16.5 Å². The van der Waals surface area contributed by atoms with E-state index in [0.717, 1.165) is 12.0 Å². The summed E-state index contributed by atoms with van der Waals surface area (Å²) in [5.41, 5.74) is 10.9. The lowest BCUT2D eigenvalue weighted by atomic mass is 10.2. The van der Waals surface area contributed by atoms with Gasteiger partial charge in [-0.15, -0.1) is 4.99 Å². The van der Waals surface area contributed by atoms with Gasteiger partial charge in [0.1, 0.15) is 6.61 Å². The predicted octanol–water partition coefficient (Wildman–Crippen LogP) is 1.31. The standard InChI is InChI=1S/C10H17N3O2/c1-3-5-8(6-4-2)7-15-10(14)13-9(11)12/h3,5-6H,4,7H2,1-2H3,(H4,11,12,13,14)/b5-3-,8-6+. The molecule has 0 rings (SSSR count). The van der Waals surface area contributed by atoms with E-state index in [1.54, 1.807) is 0 Å². The molecule has 0 heterocycles. The lowest BCUT2D eigenvalue weighted by molar-refractivity contribution is 0.168. The van der Waals surface area contributed by atoms with Crippen molar-refractivity contribution in [2.75, 3.05) is 6.61 Å². The zero-order chi connectivity index (χ0) is 11.7. The highest BCUT2D eigenvalue weighted by Gasteiger charge is 2.00. The van der Waals surface area contributed by atoms with Crippen LogP contribution in [0.3, 0.4) is 0 Å². The third-order valence-electron chi connectivity index (χ3n) is 1.43. The highest BCUT2D eigenvalue weighted by Crippen LogP contribution is 2.01. The van der Waals surface area contributed by atoms with E-state index in [1.165, 1.54) is 0 Å². The van der Waals surface area contributed by atoms with Crippen LogP contribution < -0.4 is 11.5 Å². The van der Waals surface area contributed by atoms with Crippen molar-refractivity contribution in [1.82, 2.24) is 0 Å². The van der Waals surface area contributed by atoms with Gasteiger partial charge in [-0.05, 0) is 18.9 Å². The summed E-state index contributed by atoms with van der Waals surface area (Å²) >= 11 is 0. The van der Waals surface area contributed by atoms with Crippen molar-refractivity contribution in [3.05, 3.63) is 23.8 Å². The smallest absolute Gasteiger partial charge is 0.437 e. The molecule has 0 aromatic carbocycles. The zero-order valence-corrected chi connectivity index (χ0v) is 9.06. The molecule has 0 atom stereocenters. The summed E-state index contributed by atoms with van der Waals surface area (Å²) in [6, 6.07) is 0. The Balaban J connectivity index is 4.17. The van der Waals surface area contributed by atoms with Gasteiger partial charge in [-0.25, -0.2) is 4.79 Å². The summed E-state index contributed by atoms with van der Waals surface area (Å²) in [5.74, 6) is -0.299. The first-order chi connectivity index (χ1) is 7.10. The molecular formula is C10H17N3O2. The number of aliphatic imine (C=N–C) groups is 1. The van der Waals surface area contributed by atoms with Crippen molar-refractivity contribution in [3.63, 3.8) is 0 Å². The summed E-state index contributed by atoms with van der Waals surface area (Å²) in [7, 11) is 0. The van der Waals surface area contributed by atoms with Gasteiger partial charge < -0.3 is 16.2 Å². The number of ether oxygens (including phenoxy) is 1. The lowest BCUT2D eigenvalue weighted by Crippen LogP contribution is -2.24. The van der Waals surface area contributed by atoms with Crippen LogP contribution in [0.15, 0.2) is 28.8 Å². The van der Waals surface area contributed by atoms with Crippen LogP contribution in [0.2, 0.25) is 0 Å². The first kappa shape index (κ1) is 13.2. The summed E-state index contributed by atoms with van der Waals surface area (Å²) < 4.78 is 4.81. The van der Waals surface area contributed by atoms with E-state index in [1.807, 2.05) is 32.1 Å². The summed E-state index contributed by atoms with van der Waals surface area (Å²) in [6.07, 6.45) is 5.80. The Kier molecular flexibility index (Phi) is 6.70. The number of rotatable bonds is 4. The SMILES string of the molecule is C/C=C\C(=C/CC)COC(=O)N=C(N)N. The fourth-order valence-corrected chi connectivity index (χ4v) is 0.934. The molecule has 1 amide bonds. The van der Waals surface area contributed by atoms with Crippen molar-refractivity contribution in [3.8, 4) is 0 Å². The van der Waals surface area contributed by atoms with Crippen LogP contribution in [0.5, 0.6) is 0 Å². The lowest BCUT2D eigenvalue weighted by Gasteiger charge is -2.02. The minimum atomic E-state index is -0.776. The molecule has 15 heavy (non-hydrogen) atoms. The number of carbonyl (C=O) groups excluding carboxylic acids is 1. The number of hydrogen-bond donors (Lipinski definition) is 2. The Labute approximate surface area is 89.5 Å². The van der Waals surface area contributed by atoms with Crippen molar-refractivity contribution in [1.29, 1.82) is 0 Å². The molecule has 84 valence electrons. The highest BCUT2D eigenvalue weighted by molar-refractivity contribution is 5.87. The minimum absolute atomic E-state index is 0.174. The van der Waals surface area contributed by atoms with Crippen LogP contribution in [0, 0.1) is 0 Å². The van der Waals surface area contributed by atoms with Crippen LogP contribution >= 0.6 is 0 Å². The molecule has 0 saturated heterocycles. The Morgan fingerprint density at radius 3 is 2.60 bits per heavy atom. The molecular weight excluding hydrogens is 194 g/mol. The van der Waals surface area contributed by atoms with Crippen LogP contribution in [-0.2, 0) is 4.74 Å². The van der Waals surface area contributed by atoms with Gasteiger partial charge in [-0.1, -0.05) is 25.2 Å². The molecule has 4 N–H and O–H groups in total. The monoisotopic (exact) mass is 211 g/mol. The van der Waals surface area contributed by atoms with Crippen molar-refractivity contribution in [2.45, 2.75) is 20.3 Å². The zero-order valence-electron chi connectivity index (χ0n) is 9.06. The van der Waals surface area contributed by atoms with Crippen LogP contribution in [-0.4, -0.2) is 18.7 Å². The van der Waals surface area contributed by atoms with Gasteiger partial charge in [-0.2, -0.15) is 0 Å². The third kappa shape index (κ3) is 7.30. The number of guanidine groups is 1. The maximum absolute atomic E-state index is 10.9. The Hall–Kier alpha value is -1.78. The molecule has 5 nitrogen and oxygen atoms in total. The molecule has 0 aliphatic carbocycles. The maximum atomic E-state index is 10.9. The Morgan fingerprint density at radius 2 is 2.13 bits per heavy atom. The van der Waals surface area contributed by atoms with E-state index < -0.39 is 6.09 Å². The van der Waals surface area contributed by atoms with Crippen molar-refractivity contribution >= 4 is 12.1 Å². The first-order valence-electron chi connectivity index (χ1n) is 4.68. The van der Waals surface area contributed by atoms with Crippen LogP contribution in [0.25, 0.3) is 0 Å². The number of nitrogens with zero attached hydrogens (tertiary/aromatic N) is 1. The third-order valence-corrected chi connectivity index (χ3v) is 1.43. The first-order valence-corrected chi connectivity index (χ1v) is 4.68. The van der Waals surface area contributed by atoms with Gasteiger partial charge in [0, 0.05) is 0 Å². The molecule has 0 aromatic rings. The molecule has 0 radical (unpaired) electrons. The number of amides is 1. The van der Waals surface area contributed by atoms with Gasteiger partial charge >= 0.3 is 6.09 Å². The van der Waals surface area contributed by atoms with Gasteiger partial charge in [-0.3, -0.25) is 0 Å². The number of carbonyl (C=O) groups is 1. The minimum Gasteiger partial charge on any atom is -0.443 e. The molecule has 0 saturated carbocycles. The van der Waals surface area contributed by atoms with E-state index >= 15 is 0 Å². The fraction of sp³-hybridized carbons (Fsp3) is 0.400. The highest BCUT2D eigenvalue weighted by atomic mass is 16.5. The second kappa shape index (κ2) is 7.61. The second-order valence-electron chi connectivity index (χ2n) is 2.78. The van der Waals surface area contributed by atoms with Gasteiger partial charge in [0.05, 0.1) is 0 Å². The largest absolute Gasteiger partial charge is 0.443 e. The maximum Gasteiger partial charge on any atom is 0.437 e. The molecule has 0 aromatic heterocycles.